The second-order valence-electron chi connectivity index (χ2n) is 6.77. The summed E-state index contributed by atoms with van der Waals surface area (Å²) in [7, 11) is 2.03. The number of imidazole rings is 1. The molecule has 1 aliphatic heterocycles. The van der Waals surface area contributed by atoms with E-state index in [0.29, 0.717) is 5.92 Å². The molecule has 1 aromatic carbocycles. The Kier molecular flexibility index (Phi) is 4.07. The van der Waals surface area contributed by atoms with Gasteiger partial charge in [0.25, 0.3) is 0 Å². The molecule has 0 aliphatic carbocycles. The van der Waals surface area contributed by atoms with E-state index in [-0.39, 0.29) is 0 Å². The minimum Gasteiger partial charge on any atom is -0.334 e. The van der Waals surface area contributed by atoms with E-state index in [1.165, 1.54) is 48.0 Å². The molecule has 3 aromatic rings. The Morgan fingerprint density at radius 1 is 1.08 bits per heavy atom. The number of piperidine rings is 1. The molecule has 0 N–H and O–H groups in total. The molecule has 0 saturated carbocycles. The summed E-state index contributed by atoms with van der Waals surface area (Å²) in [5.41, 5.74) is 3.60. The number of aromatic nitrogens is 3. The van der Waals surface area contributed by atoms with Crippen molar-refractivity contribution in [3.05, 3.63) is 48.7 Å². The van der Waals surface area contributed by atoms with E-state index >= 15 is 0 Å². The molecule has 124 valence electrons. The highest BCUT2D eigenvalue weighted by Gasteiger charge is 2.20. The van der Waals surface area contributed by atoms with Crippen molar-refractivity contribution in [2.75, 3.05) is 19.6 Å². The van der Waals surface area contributed by atoms with E-state index < -0.39 is 0 Å². The normalized spacial score (nSPS) is 16.8. The lowest BCUT2D eigenvalue weighted by Crippen LogP contribution is -2.32. The van der Waals surface area contributed by atoms with E-state index in [1.54, 1.807) is 0 Å². The SMILES string of the molecule is CCN1CCC(c2cc3cc(-c4cncn4C)ccc3cn2)CC1. The molecule has 0 radical (unpaired) electrons. The summed E-state index contributed by atoms with van der Waals surface area (Å²) in [5.74, 6) is 0.595. The van der Waals surface area contributed by atoms with Gasteiger partial charge in [0.1, 0.15) is 0 Å². The Labute approximate surface area is 143 Å². The summed E-state index contributed by atoms with van der Waals surface area (Å²) in [6.45, 7) is 5.78. The van der Waals surface area contributed by atoms with E-state index in [0.717, 1.165) is 12.2 Å². The van der Waals surface area contributed by atoms with Crippen molar-refractivity contribution in [1.29, 1.82) is 0 Å². The van der Waals surface area contributed by atoms with Crippen LogP contribution in [0.3, 0.4) is 0 Å². The molecular formula is C20H24N4. The van der Waals surface area contributed by atoms with Gasteiger partial charge in [0, 0.05) is 35.8 Å². The molecule has 1 saturated heterocycles. The predicted octanol–water partition coefficient (Wildman–Crippen LogP) is 3.83. The minimum atomic E-state index is 0.595. The van der Waals surface area contributed by atoms with Gasteiger partial charge in [0.15, 0.2) is 0 Å². The molecule has 4 rings (SSSR count). The molecular weight excluding hydrogens is 296 g/mol. The van der Waals surface area contributed by atoms with Gasteiger partial charge in [0.05, 0.1) is 18.2 Å². The molecule has 24 heavy (non-hydrogen) atoms. The first-order valence-electron chi connectivity index (χ1n) is 8.83. The molecule has 0 spiro atoms. The first kappa shape index (κ1) is 15.3. The van der Waals surface area contributed by atoms with Crippen molar-refractivity contribution in [2.45, 2.75) is 25.7 Å². The molecule has 3 heterocycles. The van der Waals surface area contributed by atoms with Crippen LogP contribution in [0.15, 0.2) is 43.0 Å². The van der Waals surface area contributed by atoms with Crippen LogP contribution in [0.4, 0.5) is 0 Å². The van der Waals surface area contributed by atoms with Gasteiger partial charge in [-0.15, -0.1) is 0 Å². The van der Waals surface area contributed by atoms with Crippen molar-refractivity contribution < 1.29 is 0 Å². The molecule has 4 nitrogen and oxygen atoms in total. The molecule has 1 fully saturated rings. The Morgan fingerprint density at radius 3 is 2.62 bits per heavy atom. The molecule has 2 aromatic heterocycles. The number of benzene rings is 1. The molecule has 0 atom stereocenters. The Hall–Kier alpha value is -2.20. The average Bonchev–Trinajstić information content (AvgIpc) is 3.07. The smallest absolute Gasteiger partial charge is 0.0948 e. The fraction of sp³-hybridized carbons (Fsp3) is 0.400. The topological polar surface area (TPSA) is 34.0 Å². The lowest BCUT2D eigenvalue weighted by atomic mass is 9.92. The number of nitrogens with zero attached hydrogens (tertiary/aromatic N) is 4. The van der Waals surface area contributed by atoms with Crippen LogP contribution < -0.4 is 0 Å². The van der Waals surface area contributed by atoms with Crippen LogP contribution in [-0.4, -0.2) is 39.1 Å². The molecule has 0 unspecified atom stereocenters. The van der Waals surface area contributed by atoms with Crippen molar-refractivity contribution in [1.82, 2.24) is 19.4 Å². The minimum absolute atomic E-state index is 0.595. The maximum Gasteiger partial charge on any atom is 0.0948 e. The lowest BCUT2D eigenvalue weighted by molar-refractivity contribution is 0.221. The van der Waals surface area contributed by atoms with Gasteiger partial charge < -0.3 is 9.47 Å². The van der Waals surface area contributed by atoms with Gasteiger partial charge >= 0.3 is 0 Å². The van der Waals surface area contributed by atoms with Gasteiger partial charge in [-0.25, -0.2) is 4.98 Å². The first-order chi connectivity index (χ1) is 11.7. The average molecular weight is 320 g/mol. The van der Waals surface area contributed by atoms with Crippen LogP contribution >= 0.6 is 0 Å². The van der Waals surface area contributed by atoms with E-state index in [4.69, 9.17) is 4.98 Å². The monoisotopic (exact) mass is 320 g/mol. The maximum atomic E-state index is 4.76. The standard InChI is InChI=1S/C20H24N4/c1-3-24-8-6-15(7-9-24)19-11-18-10-16(4-5-17(18)12-22-19)20-13-21-14-23(20)2/h4-5,10-15H,3,6-9H2,1-2H3. The highest BCUT2D eigenvalue weighted by Crippen LogP contribution is 2.30. The number of likely N-dealkylation sites (tertiary alicyclic amines) is 1. The van der Waals surface area contributed by atoms with Gasteiger partial charge in [-0.2, -0.15) is 0 Å². The summed E-state index contributed by atoms with van der Waals surface area (Å²) in [6.07, 6.45) is 8.23. The summed E-state index contributed by atoms with van der Waals surface area (Å²) >= 11 is 0. The van der Waals surface area contributed by atoms with Crippen molar-refractivity contribution in [3.63, 3.8) is 0 Å². The summed E-state index contributed by atoms with van der Waals surface area (Å²) < 4.78 is 2.06. The number of fused-ring (bicyclic) bond motifs is 1. The van der Waals surface area contributed by atoms with E-state index in [2.05, 4.69) is 45.6 Å². The van der Waals surface area contributed by atoms with Crippen molar-refractivity contribution in [2.24, 2.45) is 7.05 Å². The van der Waals surface area contributed by atoms with Gasteiger partial charge in [-0.3, -0.25) is 4.98 Å². The Balaban J connectivity index is 1.66. The molecule has 1 aliphatic rings. The second kappa shape index (κ2) is 6.36. The predicted molar refractivity (Wildman–Crippen MR) is 98.0 cm³/mol. The van der Waals surface area contributed by atoms with Crippen LogP contribution in [0.25, 0.3) is 22.0 Å². The zero-order valence-electron chi connectivity index (χ0n) is 14.4. The number of rotatable bonds is 3. The van der Waals surface area contributed by atoms with Gasteiger partial charge in [-0.05, 0) is 50.0 Å². The Morgan fingerprint density at radius 2 is 1.92 bits per heavy atom. The van der Waals surface area contributed by atoms with E-state index in [1.807, 2.05) is 25.8 Å². The molecule has 4 heteroatoms. The second-order valence-corrected chi connectivity index (χ2v) is 6.77. The third-order valence-electron chi connectivity index (χ3n) is 5.31. The number of hydrogen-bond acceptors (Lipinski definition) is 3. The zero-order chi connectivity index (χ0) is 16.5. The van der Waals surface area contributed by atoms with Crippen LogP contribution in [0.2, 0.25) is 0 Å². The summed E-state index contributed by atoms with van der Waals surface area (Å²) in [6, 6.07) is 8.87. The fourth-order valence-corrected chi connectivity index (χ4v) is 3.72. The third-order valence-corrected chi connectivity index (χ3v) is 5.31. The highest BCUT2D eigenvalue weighted by atomic mass is 15.1. The van der Waals surface area contributed by atoms with Crippen molar-refractivity contribution in [3.8, 4) is 11.3 Å². The van der Waals surface area contributed by atoms with Crippen molar-refractivity contribution >= 4 is 10.8 Å². The largest absolute Gasteiger partial charge is 0.334 e. The van der Waals surface area contributed by atoms with Gasteiger partial charge in [0.2, 0.25) is 0 Å². The van der Waals surface area contributed by atoms with Crippen LogP contribution in [0.1, 0.15) is 31.4 Å². The number of pyridine rings is 1. The maximum absolute atomic E-state index is 4.76. The first-order valence-corrected chi connectivity index (χ1v) is 8.83. The fourth-order valence-electron chi connectivity index (χ4n) is 3.72. The summed E-state index contributed by atoms with van der Waals surface area (Å²) in [5, 5.41) is 2.48. The van der Waals surface area contributed by atoms with Crippen LogP contribution in [0, 0.1) is 0 Å². The number of hydrogen-bond donors (Lipinski definition) is 0. The quantitative estimate of drug-likeness (QED) is 0.735. The Bertz CT molecular complexity index is 844. The van der Waals surface area contributed by atoms with E-state index in [9.17, 15) is 0 Å². The molecule has 0 amide bonds. The van der Waals surface area contributed by atoms with Gasteiger partial charge in [-0.1, -0.05) is 19.1 Å². The molecule has 0 bridgehead atoms. The third kappa shape index (κ3) is 2.82. The van der Waals surface area contributed by atoms with Crippen LogP contribution in [-0.2, 0) is 7.05 Å². The summed E-state index contributed by atoms with van der Waals surface area (Å²) in [4.78, 5) is 11.5. The zero-order valence-corrected chi connectivity index (χ0v) is 14.4. The lowest BCUT2D eigenvalue weighted by Gasteiger charge is -2.30. The number of aryl methyl sites for hydroxylation is 1. The highest BCUT2D eigenvalue weighted by molar-refractivity contribution is 5.86. The van der Waals surface area contributed by atoms with Crippen LogP contribution in [0.5, 0.6) is 0 Å².